The Balaban J connectivity index is 1.91. The van der Waals surface area contributed by atoms with Crippen molar-refractivity contribution >= 4 is 56.5 Å². The van der Waals surface area contributed by atoms with Crippen LogP contribution >= 0.6 is 34.5 Å². The first kappa shape index (κ1) is 17.7. The maximum atomic E-state index is 12.7. The van der Waals surface area contributed by atoms with Gasteiger partial charge in [0.05, 0.1) is 17.5 Å². The van der Waals surface area contributed by atoms with Crippen LogP contribution in [0, 0.1) is 0 Å². The summed E-state index contributed by atoms with van der Waals surface area (Å²) in [6.45, 7) is 0. The van der Waals surface area contributed by atoms with E-state index in [0.29, 0.717) is 20.5 Å². The van der Waals surface area contributed by atoms with Gasteiger partial charge >= 0.3 is 5.97 Å². The molecule has 1 amide bonds. The van der Waals surface area contributed by atoms with Crippen molar-refractivity contribution < 1.29 is 14.7 Å². The van der Waals surface area contributed by atoms with E-state index in [1.54, 1.807) is 24.3 Å². The van der Waals surface area contributed by atoms with Crippen molar-refractivity contribution in [1.29, 1.82) is 0 Å². The lowest BCUT2D eigenvalue weighted by Crippen LogP contribution is -2.29. The minimum atomic E-state index is -1.02. The predicted octanol–water partition coefficient (Wildman–Crippen LogP) is 5.15. The summed E-state index contributed by atoms with van der Waals surface area (Å²) in [6, 6.07) is 13.5. The fraction of sp³-hybridized carbons (Fsp3) is 0.111. The molecular weight excluding hydrogens is 381 g/mol. The fourth-order valence-corrected chi connectivity index (χ4v) is 4.15. The molecule has 0 bridgehead atoms. The lowest BCUT2D eigenvalue weighted by Gasteiger charge is -2.17. The van der Waals surface area contributed by atoms with E-state index in [-0.39, 0.29) is 6.42 Å². The van der Waals surface area contributed by atoms with Gasteiger partial charge in [0.1, 0.15) is 4.88 Å². The Kier molecular flexibility index (Phi) is 5.27. The molecule has 7 heteroatoms. The number of hydrogen-bond acceptors (Lipinski definition) is 3. The first-order valence-corrected chi connectivity index (χ1v) is 8.98. The zero-order valence-corrected chi connectivity index (χ0v) is 15.2. The van der Waals surface area contributed by atoms with E-state index < -0.39 is 17.9 Å². The average Bonchev–Trinajstić information content (AvgIpc) is 2.91. The number of hydrogen-bond donors (Lipinski definition) is 2. The Hall–Kier alpha value is -2.08. The molecule has 0 saturated heterocycles. The highest BCUT2D eigenvalue weighted by atomic mass is 35.5. The number of nitrogens with one attached hydrogen (secondary N) is 1. The van der Waals surface area contributed by atoms with Crippen molar-refractivity contribution in [3.63, 3.8) is 0 Å². The largest absolute Gasteiger partial charge is 0.481 e. The van der Waals surface area contributed by atoms with E-state index in [2.05, 4.69) is 5.32 Å². The maximum absolute atomic E-state index is 12.7. The van der Waals surface area contributed by atoms with Gasteiger partial charge in [-0.2, -0.15) is 0 Å². The molecule has 0 unspecified atom stereocenters. The average molecular weight is 394 g/mol. The molecule has 0 saturated carbocycles. The first-order chi connectivity index (χ1) is 12.0. The molecule has 1 atom stereocenters. The van der Waals surface area contributed by atoms with Crippen LogP contribution in [0.25, 0.3) is 10.1 Å². The number of halogens is 2. The molecule has 2 aromatic carbocycles. The van der Waals surface area contributed by atoms with Gasteiger partial charge in [0.25, 0.3) is 5.91 Å². The second kappa shape index (κ2) is 7.44. The van der Waals surface area contributed by atoms with E-state index >= 15 is 0 Å². The first-order valence-electron chi connectivity index (χ1n) is 7.41. The third kappa shape index (κ3) is 3.95. The molecule has 25 heavy (non-hydrogen) atoms. The Morgan fingerprint density at radius 1 is 1.12 bits per heavy atom. The van der Waals surface area contributed by atoms with Crippen LogP contribution in [0.3, 0.4) is 0 Å². The third-order valence-corrected chi connectivity index (χ3v) is 5.59. The molecule has 128 valence electrons. The van der Waals surface area contributed by atoms with Crippen LogP contribution in [0.2, 0.25) is 10.0 Å². The van der Waals surface area contributed by atoms with Crippen molar-refractivity contribution in [2.24, 2.45) is 0 Å². The third-order valence-electron chi connectivity index (χ3n) is 3.68. The van der Waals surface area contributed by atoms with Gasteiger partial charge in [0.2, 0.25) is 0 Å². The van der Waals surface area contributed by atoms with Gasteiger partial charge in [-0.25, -0.2) is 0 Å². The van der Waals surface area contributed by atoms with E-state index in [1.165, 1.54) is 11.3 Å². The number of carboxylic acids is 1. The predicted molar refractivity (Wildman–Crippen MR) is 101 cm³/mol. The minimum absolute atomic E-state index is 0.255. The van der Waals surface area contributed by atoms with Gasteiger partial charge in [0, 0.05) is 15.1 Å². The monoisotopic (exact) mass is 393 g/mol. The summed E-state index contributed by atoms with van der Waals surface area (Å²) in [5.74, 6) is -1.43. The second-order valence-corrected chi connectivity index (χ2v) is 7.29. The molecular formula is C18H13Cl2NO3S. The van der Waals surface area contributed by atoms with Crippen LogP contribution in [0.1, 0.15) is 27.7 Å². The molecule has 0 aliphatic rings. The molecule has 0 radical (unpaired) electrons. The van der Waals surface area contributed by atoms with Crippen LogP contribution in [0.5, 0.6) is 0 Å². The number of rotatable bonds is 5. The van der Waals surface area contributed by atoms with Crippen LogP contribution in [-0.4, -0.2) is 17.0 Å². The number of aliphatic carboxylic acids is 1. The van der Waals surface area contributed by atoms with Gasteiger partial charge < -0.3 is 10.4 Å². The quantitative estimate of drug-likeness (QED) is 0.629. The van der Waals surface area contributed by atoms with Crippen LogP contribution < -0.4 is 5.32 Å². The molecule has 2 N–H and O–H groups in total. The van der Waals surface area contributed by atoms with Crippen molar-refractivity contribution in [3.8, 4) is 0 Å². The summed E-state index contributed by atoms with van der Waals surface area (Å²) < 4.78 is 0.898. The van der Waals surface area contributed by atoms with E-state index in [0.717, 1.165) is 10.1 Å². The molecule has 3 rings (SSSR count). The molecule has 1 aromatic heterocycles. The highest BCUT2D eigenvalue weighted by molar-refractivity contribution is 7.21. The maximum Gasteiger partial charge on any atom is 0.305 e. The number of amides is 1. The van der Waals surface area contributed by atoms with Crippen LogP contribution in [-0.2, 0) is 4.79 Å². The summed E-state index contributed by atoms with van der Waals surface area (Å²) in [5.41, 5.74) is 0.625. The summed E-state index contributed by atoms with van der Waals surface area (Å²) in [6.07, 6.45) is -0.255. The second-order valence-electron chi connectivity index (χ2n) is 5.42. The highest BCUT2D eigenvalue weighted by Gasteiger charge is 2.23. The summed E-state index contributed by atoms with van der Waals surface area (Å²) in [4.78, 5) is 24.2. The Bertz CT molecular complexity index is 954. The van der Waals surface area contributed by atoms with Crippen molar-refractivity contribution in [2.75, 3.05) is 0 Å². The van der Waals surface area contributed by atoms with Crippen LogP contribution in [0.4, 0.5) is 0 Å². The van der Waals surface area contributed by atoms with Crippen LogP contribution in [0.15, 0.2) is 48.5 Å². The van der Waals surface area contributed by atoms with Gasteiger partial charge in [-0.15, -0.1) is 11.3 Å². The topological polar surface area (TPSA) is 66.4 Å². The number of thiophene rings is 1. The number of benzene rings is 2. The summed E-state index contributed by atoms with van der Waals surface area (Å²) in [7, 11) is 0. The van der Waals surface area contributed by atoms with Gasteiger partial charge in [-0.05, 0) is 23.8 Å². The fourth-order valence-electron chi connectivity index (χ4n) is 2.53. The van der Waals surface area contributed by atoms with Gasteiger partial charge in [0.15, 0.2) is 0 Å². The summed E-state index contributed by atoms with van der Waals surface area (Å²) >= 11 is 13.6. The van der Waals surface area contributed by atoms with Crippen molar-refractivity contribution in [1.82, 2.24) is 5.32 Å². The summed E-state index contributed by atoms with van der Waals surface area (Å²) in [5, 5.41) is 13.6. The number of carbonyl (C=O) groups is 2. The van der Waals surface area contributed by atoms with Crippen molar-refractivity contribution in [2.45, 2.75) is 12.5 Å². The lowest BCUT2D eigenvalue weighted by molar-refractivity contribution is -0.137. The standard InChI is InChI=1S/C18H13Cl2NO3S/c19-11-5-3-4-10(8-11)13(9-15(22)23)21-18(24)17-16(20)12-6-1-2-7-14(12)25-17/h1-8,13H,9H2,(H,21,24)(H,22,23)/t13-/m1/s1. The zero-order valence-electron chi connectivity index (χ0n) is 12.8. The molecule has 0 aliphatic heterocycles. The Morgan fingerprint density at radius 3 is 2.56 bits per heavy atom. The number of fused-ring (bicyclic) bond motifs is 1. The number of carboxylic acid groups (broad SMARTS) is 1. The zero-order chi connectivity index (χ0) is 18.0. The molecule has 3 aromatic rings. The minimum Gasteiger partial charge on any atom is -0.481 e. The molecule has 4 nitrogen and oxygen atoms in total. The molecule has 0 spiro atoms. The highest BCUT2D eigenvalue weighted by Crippen LogP contribution is 2.35. The molecule has 0 fully saturated rings. The van der Waals surface area contributed by atoms with E-state index in [1.807, 2.05) is 24.3 Å². The smallest absolute Gasteiger partial charge is 0.305 e. The Labute approximate surface area is 158 Å². The van der Waals surface area contributed by atoms with E-state index in [9.17, 15) is 9.59 Å². The molecule has 0 aliphatic carbocycles. The SMILES string of the molecule is O=C(O)C[C@@H](NC(=O)c1sc2ccccc2c1Cl)c1cccc(Cl)c1. The molecule has 1 heterocycles. The normalized spacial score (nSPS) is 12.1. The Morgan fingerprint density at radius 2 is 1.88 bits per heavy atom. The van der Waals surface area contributed by atoms with Gasteiger partial charge in [-0.3, -0.25) is 9.59 Å². The lowest BCUT2D eigenvalue weighted by atomic mass is 10.0. The van der Waals surface area contributed by atoms with E-state index in [4.69, 9.17) is 28.3 Å². The van der Waals surface area contributed by atoms with Crippen molar-refractivity contribution in [3.05, 3.63) is 69.0 Å². The number of carbonyl (C=O) groups excluding carboxylic acids is 1. The van der Waals surface area contributed by atoms with Gasteiger partial charge in [-0.1, -0.05) is 53.5 Å².